The second-order valence-corrected chi connectivity index (χ2v) is 4.29. The lowest BCUT2D eigenvalue weighted by molar-refractivity contribution is 0.0861. The third-order valence-electron chi connectivity index (χ3n) is 2.90. The van der Waals surface area contributed by atoms with Gasteiger partial charge in [0.05, 0.1) is 11.9 Å². The van der Waals surface area contributed by atoms with E-state index in [0.717, 1.165) is 17.0 Å². The zero-order chi connectivity index (χ0) is 14.0. The molecule has 0 aliphatic heterocycles. The van der Waals surface area contributed by atoms with Crippen molar-refractivity contribution in [3.05, 3.63) is 23.1 Å². The van der Waals surface area contributed by atoms with Crippen LogP contribution in [0, 0.1) is 13.8 Å². The van der Waals surface area contributed by atoms with Crippen LogP contribution in [-0.2, 0) is 13.0 Å². The molecule has 102 valence electrons. The van der Waals surface area contributed by atoms with Gasteiger partial charge >= 0.3 is 0 Å². The van der Waals surface area contributed by atoms with E-state index in [-0.39, 0.29) is 18.3 Å². The van der Waals surface area contributed by atoms with Crippen molar-refractivity contribution >= 4 is 11.7 Å². The van der Waals surface area contributed by atoms with Crippen molar-refractivity contribution in [2.75, 3.05) is 12.3 Å². The Kier molecular flexibility index (Phi) is 3.61. The Hall–Kier alpha value is -2.22. The van der Waals surface area contributed by atoms with Gasteiger partial charge in [-0.3, -0.25) is 4.79 Å². The minimum Gasteiger partial charge on any atom is -0.381 e. The Morgan fingerprint density at radius 1 is 1.37 bits per heavy atom. The summed E-state index contributed by atoms with van der Waals surface area (Å²) in [7, 11) is 0. The fourth-order valence-corrected chi connectivity index (χ4v) is 2.00. The van der Waals surface area contributed by atoms with Crippen molar-refractivity contribution in [2.45, 2.75) is 26.8 Å². The van der Waals surface area contributed by atoms with E-state index >= 15 is 0 Å². The van der Waals surface area contributed by atoms with Gasteiger partial charge in [-0.05, 0) is 32.4 Å². The van der Waals surface area contributed by atoms with Gasteiger partial charge in [-0.25, -0.2) is 4.68 Å². The molecule has 0 bridgehead atoms. The summed E-state index contributed by atoms with van der Waals surface area (Å²) >= 11 is 0. The molecule has 4 N–H and O–H groups in total. The molecule has 0 aliphatic rings. The van der Waals surface area contributed by atoms with Crippen LogP contribution >= 0.6 is 0 Å². The summed E-state index contributed by atoms with van der Waals surface area (Å²) < 4.78 is 1.37. The summed E-state index contributed by atoms with van der Waals surface area (Å²) in [5.74, 6) is 0.0736. The van der Waals surface area contributed by atoms with Crippen molar-refractivity contribution in [2.24, 2.45) is 5.73 Å². The maximum Gasteiger partial charge on any atom is 0.270 e. The van der Waals surface area contributed by atoms with Crippen LogP contribution in [-0.4, -0.2) is 37.2 Å². The molecule has 0 saturated carbocycles. The summed E-state index contributed by atoms with van der Waals surface area (Å²) in [5.41, 5.74) is 13.7. The molecule has 0 aliphatic carbocycles. The maximum atomic E-state index is 12.1. The van der Waals surface area contributed by atoms with Crippen LogP contribution < -0.4 is 11.5 Å². The van der Waals surface area contributed by atoms with Crippen LogP contribution in [0.25, 0.3) is 0 Å². The molecule has 8 nitrogen and oxygen atoms in total. The Morgan fingerprint density at radius 3 is 2.68 bits per heavy atom. The Labute approximate surface area is 110 Å². The number of anilines is 1. The maximum absolute atomic E-state index is 12.1. The highest BCUT2D eigenvalue weighted by molar-refractivity contribution is 5.78. The summed E-state index contributed by atoms with van der Waals surface area (Å²) in [5, 5.41) is 12.0. The third kappa shape index (κ3) is 2.63. The van der Waals surface area contributed by atoms with Crippen molar-refractivity contribution in [3.8, 4) is 0 Å². The highest BCUT2D eigenvalue weighted by Gasteiger charge is 2.16. The predicted octanol–water partition coefficient (Wildman–Crippen LogP) is -0.485. The standard InChI is InChI=1S/C11H17N7O/c1-7-9(3-4-12)8(2)18(15-7)11(19)6-17-14-5-10(13)16-17/h5H,3-4,6,12H2,1-2H3,(H2,13,16). The van der Waals surface area contributed by atoms with Gasteiger partial charge in [-0.15, -0.1) is 5.10 Å². The highest BCUT2D eigenvalue weighted by Crippen LogP contribution is 2.13. The lowest BCUT2D eigenvalue weighted by atomic mass is 10.1. The van der Waals surface area contributed by atoms with E-state index in [0.29, 0.717) is 13.0 Å². The SMILES string of the molecule is Cc1nn(C(=O)Cn2ncc(N)n2)c(C)c1CCN. The lowest BCUT2D eigenvalue weighted by Crippen LogP contribution is -2.22. The molecule has 0 radical (unpaired) electrons. The Bertz CT molecular complexity index is 598. The van der Waals surface area contributed by atoms with E-state index in [1.165, 1.54) is 15.7 Å². The Balaban J connectivity index is 2.22. The summed E-state index contributed by atoms with van der Waals surface area (Å²) in [6, 6.07) is 0. The number of nitrogens with zero attached hydrogens (tertiary/aromatic N) is 5. The first-order valence-electron chi connectivity index (χ1n) is 5.97. The molecule has 0 unspecified atom stereocenters. The second-order valence-electron chi connectivity index (χ2n) is 4.29. The van der Waals surface area contributed by atoms with Gasteiger partial charge in [0, 0.05) is 5.69 Å². The zero-order valence-corrected chi connectivity index (χ0v) is 11.0. The monoisotopic (exact) mass is 263 g/mol. The van der Waals surface area contributed by atoms with Gasteiger partial charge < -0.3 is 11.5 Å². The number of carbonyl (C=O) groups excluding carboxylic acids is 1. The van der Waals surface area contributed by atoms with Crippen LogP contribution in [0.3, 0.4) is 0 Å². The zero-order valence-electron chi connectivity index (χ0n) is 11.0. The van der Waals surface area contributed by atoms with Crippen LogP contribution in [0.15, 0.2) is 6.20 Å². The number of aromatic nitrogens is 5. The molecule has 0 spiro atoms. The second kappa shape index (κ2) is 5.19. The molecule has 2 heterocycles. The van der Waals surface area contributed by atoms with Gasteiger partial charge in [0.15, 0.2) is 5.82 Å². The van der Waals surface area contributed by atoms with E-state index in [4.69, 9.17) is 11.5 Å². The van der Waals surface area contributed by atoms with Crippen LogP contribution in [0.1, 0.15) is 21.7 Å². The van der Waals surface area contributed by atoms with Crippen molar-refractivity contribution in [1.29, 1.82) is 0 Å². The van der Waals surface area contributed by atoms with Gasteiger partial charge in [0.1, 0.15) is 6.54 Å². The Morgan fingerprint density at radius 2 is 2.11 bits per heavy atom. The van der Waals surface area contributed by atoms with Crippen LogP contribution in [0.2, 0.25) is 0 Å². The number of hydrogen-bond acceptors (Lipinski definition) is 6. The molecule has 19 heavy (non-hydrogen) atoms. The normalized spacial score (nSPS) is 10.9. The van der Waals surface area contributed by atoms with Crippen molar-refractivity contribution in [3.63, 3.8) is 0 Å². The molecule has 0 atom stereocenters. The van der Waals surface area contributed by atoms with Gasteiger partial charge in [-0.1, -0.05) is 0 Å². The average molecular weight is 263 g/mol. The van der Waals surface area contributed by atoms with Gasteiger partial charge in [-0.2, -0.15) is 15.0 Å². The minimum absolute atomic E-state index is 0.00122. The predicted molar refractivity (Wildman–Crippen MR) is 69.5 cm³/mol. The molecule has 0 amide bonds. The van der Waals surface area contributed by atoms with Crippen molar-refractivity contribution in [1.82, 2.24) is 24.8 Å². The first kappa shape index (κ1) is 13.2. The fraction of sp³-hybridized carbons (Fsp3) is 0.455. The summed E-state index contributed by atoms with van der Waals surface area (Å²) in [6.07, 6.45) is 2.10. The molecular formula is C11H17N7O. The van der Waals surface area contributed by atoms with E-state index < -0.39 is 0 Å². The molecule has 2 aromatic heterocycles. The summed E-state index contributed by atoms with van der Waals surface area (Å²) in [4.78, 5) is 13.4. The van der Waals surface area contributed by atoms with E-state index in [9.17, 15) is 4.79 Å². The van der Waals surface area contributed by atoms with Crippen LogP contribution in [0.5, 0.6) is 0 Å². The third-order valence-corrected chi connectivity index (χ3v) is 2.90. The quantitative estimate of drug-likeness (QED) is 0.769. The van der Waals surface area contributed by atoms with E-state index in [1.54, 1.807) is 0 Å². The number of nitrogens with two attached hydrogens (primary N) is 2. The van der Waals surface area contributed by atoms with Gasteiger partial charge in [0.2, 0.25) is 0 Å². The topological polar surface area (TPSA) is 118 Å². The minimum atomic E-state index is -0.209. The highest BCUT2D eigenvalue weighted by atomic mass is 16.2. The number of carbonyl (C=O) groups is 1. The van der Waals surface area contributed by atoms with Crippen LogP contribution in [0.4, 0.5) is 5.82 Å². The molecule has 8 heteroatoms. The molecule has 0 aromatic carbocycles. The molecule has 0 fully saturated rings. The molecular weight excluding hydrogens is 246 g/mol. The number of rotatable bonds is 4. The fourth-order valence-electron chi connectivity index (χ4n) is 2.00. The smallest absolute Gasteiger partial charge is 0.270 e. The van der Waals surface area contributed by atoms with Crippen molar-refractivity contribution < 1.29 is 4.79 Å². The number of hydrogen-bond donors (Lipinski definition) is 2. The molecule has 0 saturated heterocycles. The van der Waals surface area contributed by atoms with E-state index in [2.05, 4.69) is 15.3 Å². The number of aryl methyl sites for hydroxylation is 1. The first-order valence-corrected chi connectivity index (χ1v) is 5.97. The largest absolute Gasteiger partial charge is 0.381 e. The number of nitrogen functional groups attached to an aromatic ring is 1. The molecule has 2 rings (SSSR count). The average Bonchev–Trinajstić information content (AvgIpc) is 2.87. The van der Waals surface area contributed by atoms with Gasteiger partial charge in [0.25, 0.3) is 5.91 Å². The first-order chi connectivity index (χ1) is 9.02. The molecule has 2 aromatic rings. The lowest BCUT2D eigenvalue weighted by Gasteiger charge is -2.03. The summed E-state index contributed by atoms with van der Waals surface area (Å²) in [6.45, 7) is 4.25. The van der Waals surface area contributed by atoms with E-state index in [1.807, 2.05) is 13.8 Å².